The molecular formula is C8H6F3N3. The van der Waals surface area contributed by atoms with Crippen molar-refractivity contribution in [3.63, 3.8) is 0 Å². The van der Waals surface area contributed by atoms with E-state index in [1.165, 1.54) is 7.05 Å². The summed E-state index contributed by atoms with van der Waals surface area (Å²) in [5.74, 6) is 0. The Labute approximate surface area is 78.2 Å². The fourth-order valence-corrected chi connectivity index (χ4v) is 0.899. The second-order valence-electron chi connectivity index (χ2n) is 2.48. The smallest absolute Gasteiger partial charge is 0.386 e. The molecule has 0 bridgehead atoms. The number of hydrogen-bond donors (Lipinski definition) is 1. The maximum absolute atomic E-state index is 12.2. The summed E-state index contributed by atoms with van der Waals surface area (Å²) >= 11 is 0. The van der Waals surface area contributed by atoms with Gasteiger partial charge in [0.15, 0.2) is 5.69 Å². The van der Waals surface area contributed by atoms with Crippen molar-refractivity contribution in [3.05, 3.63) is 23.5 Å². The van der Waals surface area contributed by atoms with Crippen LogP contribution in [0.2, 0.25) is 0 Å². The number of hydrogen-bond acceptors (Lipinski definition) is 3. The first-order valence-electron chi connectivity index (χ1n) is 3.64. The van der Waals surface area contributed by atoms with Crippen LogP contribution in [0.5, 0.6) is 0 Å². The normalized spacial score (nSPS) is 10.8. The second kappa shape index (κ2) is 3.54. The topological polar surface area (TPSA) is 48.7 Å². The number of nitrogens with one attached hydrogen (secondary N) is 1. The van der Waals surface area contributed by atoms with Gasteiger partial charge in [-0.3, -0.25) is 0 Å². The number of pyridine rings is 1. The van der Waals surface area contributed by atoms with E-state index >= 15 is 0 Å². The zero-order valence-corrected chi connectivity index (χ0v) is 7.18. The molecule has 0 fully saturated rings. The van der Waals surface area contributed by atoms with Crippen molar-refractivity contribution >= 4 is 5.69 Å². The Morgan fingerprint density at radius 2 is 2.14 bits per heavy atom. The summed E-state index contributed by atoms with van der Waals surface area (Å²) in [5.41, 5.74) is -0.858. The number of rotatable bonds is 1. The van der Waals surface area contributed by atoms with Gasteiger partial charge in [0.25, 0.3) is 0 Å². The zero-order valence-electron chi connectivity index (χ0n) is 7.18. The Morgan fingerprint density at radius 3 is 2.57 bits per heavy atom. The third kappa shape index (κ3) is 1.93. The van der Waals surface area contributed by atoms with Gasteiger partial charge in [-0.05, 0) is 6.07 Å². The van der Waals surface area contributed by atoms with Crippen LogP contribution >= 0.6 is 0 Å². The number of aromatic nitrogens is 1. The van der Waals surface area contributed by atoms with E-state index in [1.54, 1.807) is 6.07 Å². The molecule has 1 N–H and O–H groups in total. The summed E-state index contributed by atoms with van der Waals surface area (Å²) in [5, 5.41) is 11.0. The number of halogens is 3. The summed E-state index contributed by atoms with van der Waals surface area (Å²) in [4.78, 5) is 3.39. The van der Waals surface area contributed by atoms with Crippen LogP contribution in [0.15, 0.2) is 12.3 Å². The molecule has 0 amide bonds. The molecule has 1 rings (SSSR count). The van der Waals surface area contributed by atoms with Crippen molar-refractivity contribution in [3.8, 4) is 6.07 Å². The Bertz CT molecular complexity index is 378. The maximum Gasteiger partial charge on any atom is 0.417 e. The average Bonchev–Trinajstić information content (AvgIpc) is 2.15. The standard InChI is InChI=1S/C8H6F3N3/c1-13-6-2-5(8(9,10)11)4-14-7(6)3-12/h2,4,13H,1H3. The summed E-state index contributed by atoms with van der Waals surface area (Å²) in [6.45, 7) is 0. The SMILES string of the molecule is CNc1cc(C(F)(F)F)cnc1C#N. The van der Waals surface area contributed by atoms with Gasteiger partial charge < -0.3 is 5.32 Å². The molecular weight excluding hydrogens is 195 g/mol. The number of nitriles is 1. The van der Waals surface area contributed by atoms with Crippen molar-refractivity contribution < 1.29 is 13.2 Å². The molecule has 0 spiro atoms. The summed E-state index contributed by atoms with van der Waals surface area (Å²) < 4.78 is 36.6. The Balaban J connectivity index is 3.23. The molecule has 0 aromatic carbocycles. The lowest BCUT2D eigenvalue weighted by Gasteiger charge is -2.08. The van der Waals surface area contributed by atoms with Crippen LogP contribution in [0.3, 0.4) is 0 Å². The maximum atomic E-state index is 12.2. The largest absolute Gasteiger partial charge is 0.417 e. The molecule has 0 unspecified atom stereocenters. The monoisotopic (exact) mass is 201 g/mol. The van der Waals surface area contributed by atoms with E-state index in [4.69, 9.17) is 5.26 Å². The van der Waals surface area contributed by atoms with Gasteiger partial charge in [-0.15, -0.1) is 0 Å². The van der Waals surface area contributed by atoms with Gasteiger partial charge in [0.2, 0.25) is 0 Å². The van der Waals surface area contributed by atoms with Crippen molar-refractivity contribution in [1.82, 2.24) is 4.98 Å². The molecule has 14 heavy (non-hydrogen) atoms. The van der Waals surface area contributed by atoms with Crippen molar-refractivity contribution in [2.24, 2.45) is 0 Å². The van der Waals surface area contributed by atoms with Crippen molar-refractivity contribution in [2.45, 2.75) is 6.18 Å². The Morgan fingerprint density at radius 1 is 1.50 bits per heavy atom. The first-order valence-corrected chi connectivity index (χ1v) is 3.64. The molecule has 0 saturated heterocycles. The highest BCUT2D eigenvalue weighted by molar-refractivity contribution is 5.54. The van der Waals surface area contributed by atoms with Crippen LogP contribution in [-0.2, 0) is 6.18 Å². The van der Waals surface area contributed by atoms with Crippen LogP contribution in [0.1, 0.15) is 11.3 Å². The third-order valence-electron chi connectivity index (χ3n) is 1.59. The average molecular weight is 201 g/mol. The molecule has 0 saturated carbocycles. The van der Waals surface area contributed by atoms with E-state index in [2.05, 4.69) is 10.3 Å². The Kier molecular flexibility index (Phi) is 2.60. The first kappa shape index (κ1) is 10.3. The highest BCUT2D eigenvalue weighted by Crippen LogP contribution is 2.30. The molecule has 1 aromatic heterocycles. The number of alkyl halides is 3. The minimum atomic E-state index is -4.44. The Hall–Kier alpha value is -1.77. The molecule has 6 heteroatoms. The number of anilines is 1. The molecule has 0 aliphatic heterocycles. The molecule has 0 aliphatic carbocycles. The van der Waals surface area contributed by atoms with Gasteiger partial charge >= 0.3 is 6.18 Å². The quantitative estimate of drug-likeness (QED) is 0.756. The zero-order chi connectivity index (χ0) is 10.8. The molecule has 0 aliphatic rings. The fraction of sp³-hybridized carbons (Fsp3) is 0.250. The van der Waals surface area contributed by atoms with E-state index in [0.717, 1.165) is 6.07 Å². The first-order chi connectivity index (χ1) is 6.49. The molecule has 1 heterocycles. The van der Waals surface area contributed by atoms with Crippen LogP contribution < -0.4 is 5.32 Å². The van der Waals surface area contributed by atoms with Crippen LogP contribution in [0, 0.1) is 11.3 Å². The predicted octanol–water partition coefficient (Wildman–Crippen LogP) is 2.01. The van der Waals surface area contributed by atoms with E-state index in [9.17, 15) is 13.2 Å². The molecule has 3 nitrogen and oxygen atoms in total. The van der Waals surface area contributed by atoms with E-state index in [0.29, 0.717) is 6.20 Å². The lowest BCUT2D eigenvalue weighted by atomic mass is 10.2. The summed E-state index contributed by atoms with van der Waals surface area (Å²) in [7, 11) is 1.43. The van der Waals surface area contributed by atoms with Crippen molar-refractivity contribution in [2.75, 3.05) is 12.4 Å². The predicted molar refractivity (Wildman–Crippen MR) is 43.5 cm³/mol. The van der Waals surface area contributed by atoms with E-state index < -0.39 is 11.7 Å². The van der Waals surface area contributed by atoms with Gasteiger partial charge in [0.05, 0.1) is 11.3 Å². The molecule has 1 aromatic rings. The highest BCUT2D eigenvalue weighted by Gasteiger charge is 2.31. The van der Waals surface area contributed by atoms with Gasteiger partial charge in [-0.25, -0.2) is 4.98 Å². The second-order valence-corrected chi connectivity index (χ2v) is 2.48. The van der Waals surface area contributed by atoms with Gasteiger partial charge in [-0.1, -0.05) is 0 Å². The minimum Gasteiger partial charge on any atom is -0.386 e. The van der Waals surface area contributed by atoms with Gasteiger partial charge in [0, 0.05) is 13.2 Å². The van der Waals surface area contributed by atoms with Crippen LogP contribution in [-0.4, -0.2) is 12.0 Å². The lowest BCUT2D eigenvalue weighted by molar-refractivity contribution is -0.137. The molecule has 74 valence electrons. The van der Waals surface area contributed by atoms with Crippen LogP contribution in [0.4, 0.5) is 18.9 Å². The van der Waals surface area contributed by atoms with Gasteiger partial charge in [0.1, 0.15) is 6.07 Å². The summed E-state index contributed by atoms with van der Waals surface area (Å²) in [6.07, 6.45) is -3.80. The third-order valence-corrected chi connectivity index (χ3v) is 1.59. The van der Waals surface area contributed by atoms with Crippen LogP contribution in [0.25, 0.3) is 0 Å². The molecule has 0 radical (unpaired) electrons. The highest BCUT2D eigenvalue weighted by atomic mass is 19.4. The van der Waals surface area contributed by atoms with Crippen molar-refractivity contribution in [1.29, 1.82) is 5.26 Å². The summed E-state index contributed by atoms with van der Waals surface area (Å²) in [6, 6.07) is 2.54. The van der Waals surface area contributed by atoms with E-state index in [1.807, 2.05) is 0 Å². The van der Waals surface area contributed by atoms with Gasteiger partial charge in [-0.2, -0.15) is 18.4 Å². The molecule has 0 atom stereocenters. The fourth-order valence-electron chi connectivity index (χ4n) is 0.899. The number of nitrogens with zero attached hydrogens (tertiary/aromatic N) is 2. The van der Waals surface area contributed by atoms with E-state index in [-0.39, 0.29) is 11.4 Å². The lowest BCUT2D eigenvalue weighted by Crippen LogP contribution is -2.07. The minimum absolute atomic E-state index is 0.0551.